The lowest BCUT2D eigenvalue weighted by molar-refractivity contribution is -0.210. The highest BCUT2D eigenvalue weighted by Crippen LogP contribution is 2.40. The molecule has 4 N–H and O–H groups in total. The molecule has 7 atom stereocenters. The zero-order valence-corrected chi connectivity index (χ0v) is 25.3. The summed E-state index contributed by atoms with van der Waals surface area (Å²) in [7, 11) is 0. The van der Waals surface area contributed by atoms with Crippen LogP contribution >= 0.6 is 0 Å². The number of hydrogen-bond acceptors (Lipinski definition) is 11. The van der Waals surface area contributed by atoms with Crippen molar-refractivity contribution in [1.29, 1.82) is 0 Å². The number of carbonyl (C=O) groups excluding carboxylic acids is 4. The van der Waals surface area contributed by atoms with Crippen molar-refractivity contribution in [3.8, 4) is 0 Å². The Bertz CT molecular complexity index is 1120. The first kappa shape index (κ1) is 35.9. The van der Waals surface area contributed by atoms with Crippen LogP contribution in [0, 0.1) is 5.92 Å². The molecule has 0 saturated heterocycles. The molecular formula is C30H44O11. The van der Waals surface area contributed by atoms with E-state index in [-0.39, 0.29) is 22.3 Å². The van der Waals surface area contributed by atoms with Gasteiger partial charge >= 0.3 is 17.9 Å². The van der Waals surface area contributed by atoms with Gasteiger partial charge in [0.05, 0.1) is 17.6 Å². The van der Waals surface area contributed by atoms with Crippen molar-refractivity contribution in [2.24, 2.45) is 5.92 Å². The second-order valence-corrected chi connectivity index (χ2v) is 11.0. The Labute approximate surface area is 241 Å². The second kappa shape index (κ2) is 14.2. The van der Waals surface area contributed by atoms with Crippen molar-refractivity contribution >= 4 is 23.7 Å². The van der Waals surface area contributed by atoms with E-state index in [1.165, 1.54) is 52.8 Å². The molecule has 11 heteroatoms. The molecule has 0 aromatic rings. The van der Waals surface area contributed by atoms with Crippen molar-refractivity contribution in [3.63, 3.8) is 0 Å². The van der Waals surface area contributed by atoms with Crippen molar-refractivity contribution in [1.82, 2.24) is 0 Å². The van der Waals surface area contributed by atoms with Gasteiger partial charge in [-0.1, -0.05) is 24.8 Å². The Morgan fingerprint density at radius 3 is 1.85 bits per heavy atom. The normalized spacial score (nSPS) is 27.5. The van der Waals surface area contributed by atoms with E-state index in [2.05, 4.69) is 6.58 Å². The average molecular weight is 581 g/mol. The first-order chi connectivity index (χ1) is 18.8. The lowest BCUT2D eigenvalue weighted by Gasteiger charge is -2.47. The molecule has 11 nitrogen and oxygen atoms in total. The number of Topliss-reactive ketones (excluding diaryl/α,β-unsaturated/α-hetero) is 1. The highest BCUT2D eigenvalue weighted by atomic mass is 16.6. The third-order valence-electron chi connectivity index (χ3n) is 7.39. The van der Waals surface area contributed by atoms with Crippen LogP contribution in [0.15, 0.2) is 47.1 Å². The molecule has 0 radical (unpaired) electrons. The smallest absolute Gasteiger partial charge is 0.334 e. The van der Waals surface area contributed by atoms with Crippen LogP contribution in [-0.4, -0.2) is 85.8 Å². The monoisotopic (exact) mass is 580 g/mol. The number of esters is 3. The zero-order valence-electron chi connectivity index (χ0n) is 25.3. The molecule has 0 amide bonds. The molecule has 0 spiro atoms. The fraction of sp³-hybridized carbons (Fsp3) is 0.600. The Balaban J connectivity index is 3.77. The topological polar surface area (TPSA) is 177 Å². The Morgan fingerprint density at radius 2 is 1.41 bits per heavy atom. The van der Waals surface area contributed by atoms with Crippen LogP contribution in [0.5, 0.6) is 0 Å². The SMILES string of the molecule is C=C(C(CC(O)C(C)(C)O)OC(=O)C(C)=CC)C1C(OC(=O)C(C)=CC)C(=O)C(C)(O)C(OC(=O)C(C)=CC)C1O. The average Bonchev–Trinajstić information content (AvgIpc) is 2.90. The van der Waals surface area contributed by atoms with Crippen LogP contribution in [-0.2, 0) is 33.4 Å². The molecule has 1 rings (SSSR count). The molecule has 1 fully saturated rings. The number of aliphatic hydroxyl groups excluding tert-OH is 2. The van der Waals surface area contributed by atoms with Gasteiger partial charge in [-0.25, -0.2) is 14.4 Å². The van der Waals surface area contributed by atoms with Crippen molar-refractivity contribution in [3.05, 3.63) is 47.1 Å². The van der Waals surface area contributed by atoms with Gasteiger partial charge in [0.1, 0.15) is 12.2 Å². The van der Waals surface area contributed by atoms with Gasteiger partial charge in [0.2, 0.25) is 5.78 Å². The molecule has 41 heavy (non-hydrogen) atoms. The van der Waals surface area contributed by atoms with Crippen LogP contribution in [0.4, 0.5) is 0 Å². The molecule has 1 aliphatic carbocycles. The first-order valence-corrected chi connectivity index (χ1v) is 13.3. The van der Waals surface area contributed by atoms with Gasteiger partial charge in [-0.2, -0.15) is 0 Å². The largest absolute Gasteiger partial charge is 0.454 e. The lowest BCUT2D eigenvalue weighted by atomic mass is 9.68. The van der Waals surface area contributed by atoms with Gasteiger partial charge in [-0.15, -0.1) is 0 Å². The van der Waals surface area contributed by atoms with Gasteiger partial charge in [0.25, 0.3) is 0 Å². The van der Waals surface area contributed by atoms with Gasteiger partial charge in [-0.05, 0) is 67.9 Å². The molecular weight excluding hydrogens is 536 g/mol. The zero-order chi connectivity index (χ0) is 32.0. The summed E-state index contributed by atoms with van der Waals surface area (Å²) >= 11 is 0. The van der Waals surface area contributed by atoms with Gasteiger partial charge < -0.3 is 34.6 Å². The highest BCUT2D eigenvalue weighted by molar-refractivity contribution is 5.97. The summed E-state index contributed by atoms with van der Waals surface area (Å²) < 4.78 is 16.4. The van der Waals surface area contributed by atoms with E-state index in [9.17, 15) is 39.6 Å². The van der Waals surface area contributed by atoms with Crippen LogP contribution < -0.4 is 0 Å². The Hall–Kier alpha value is -3.12. The molecule has 1 saturated carbocycles. The predicted octanol–water partition coefficient (Wildman–Crippen LogP) is 2.01. The maximum atomic E-state index is 13.7. The molecule has 0 aliphatic heterocycles. The minimum atomic E-state index is -2.50. The second-order valence-electron chi connectivity index (χ2n) is 11.0. The lowest BCUT2D eigenvalue weighted by Crippen LogP contribution is -2.68. The first-order valence-electron chi connectivity index (χ1n) is 13.3. The fourth-order valence-electron chi connectivity index (χ4n) is 3.99. The number of hydrogen-bond donors (Lipinski definition) is 4. The summed E-state index contributed by atoms with van der Waals surface area (Å²) in [5.41, 5.74) is -3.88. The third-order valence-corrected chi connectivity index (χ3v) is 7.39. The summed E-state index contributed by atoms with van der Waals surface area (Å²) in [5, 5.41) is 43.7. The highest BCUT2D eigenvalue weighted by Gasteiger charge is 2.61. The van der Waals surface area contributed by atoms with Gasteiger partial charge in [0.15, 0.2) is 17.8 Å². The maximum Gasteiger partial charge on any atom is 0.334 e. The summed E-state index contributed by atoms with van der Waals surface area (Å²) in [6.07, 6.45) is -4.55. The summed E-state index contributed by atoms with van der Waals surface area (Å²) in [5.74, 6) is -5.33. The number of ether oxygens (including phenoxy) is 3. The van der Waals surface area contributed by atoms with E-state index >= 15 is 0 Å². The van der Waals surface area contributed by atoms with Crippen molar-refractivity contribution in [2.45, 2.75) is 110 Å². The minimum Gasteiger partial charge on any atom is -0.454 e. The minimum absolute atomic E-state index is 0.123. The molecule has 0 aromatic heterocycles. The Kier molecular flexibility index (Phi) is 12.4. The van der Waals surface area contributed by atoms with Crippen molar-refractivity contribution < 1.29 is 53.8 Å². The molecule has 0 bridgehead atoms. The summed E-state index contributed by atoms with van der Waals surface area (Å²) in [6, 6.07) is 0. The van der Waals surface area contributed by atoms with E-state index in [1.54, 1.807) is 20.8 Å². The summed E-state index contributed by atoms with van der Waals surface area (Å²) in [6.45, 7) is 16.7. The van der Waals surface area contributed by atoms with Gasteiger partial charge in [-0.3, -0.25) is 4.79 Å². The maximum absolute atomic E-state index is 13.7. The van der Waals surface area contributed by atoms with E-state index < -0.39 is 77.8 Å². The van der Waals surface area contributed by atoms with Crippen LogP contribution in [0.2, 0.25) is 0 Å². The predicted molar refractivity (Wildman–Crippen MR) is 149 cm³/mol. The van der Waals surface area contributed by atoms with Crippen LogP contribution in [0.3, 0.4) is 0 Å². The number of ketones is 1. The summed E-state index contributed by atoms with van der Waals surface area (Å²) in [4.78, 5) is 51.8. The molecule has 1 aliphatic rings. The van der Waals surface area contributed by atoms with E-state index in [0.29, 0.717) is 0 Å². The van der Waals surface area contributed by atoms with E-state index in [0.717, 1.165) is 6.92 Å². The molecule has 0 heterocycles. The van der Waals surface area contributed by atoms with Crippen molar-refractivity contribution in [2.75, 3.05) is 0 Å². The number of allylic oxidation sites excluding steroid dienone is 3. The number of carbonyl (C=O) groups is 4. The number of aliphatic hydroxyl groups is 4. The fourth-order valence-corrected chi connectivity index (χ4v) is 3.99. The molecule has 0 aromatic carbocycles. The standard InChI is InChI=1S/C30H44O11/c1-11-15(4)26(34)39-19(14-20(31)29(8,9)37)18(7)21-22(32)25(41-28(36)17(6)13-3)30(10,38)24(33)23(21)40-27(35)16(5)12-2/h11-13,19-23,25,31-32,37-38H,7,14H2,1-6,8-10H3. The molecule has 230 valence electrons. The quantitative estimate of drug-likeness (QED) is 0.122. The van der Waals surface area contributed by atoms with Crippen LogP contribution in [0.1, 0.15) is 68.7 Å². The molecule has 7 unspecified atom stereocenters. The van der Waals surface area contributed by atoms with Gasteiger partial charge in [0, 0.05) is 23.1 Å². The van der Waals surface area contributed by atoms with E-state index in [4.69, 9.17) is 14.2 Å². The Morgan fingerprint density at radius 1 is 0.976 bits per heavy atom. The van der Waals surface area contributed by atoms with Crippen LogP contribution in [0.25, 0.3) is 0 Å². The third kappa shape index (κ3) is 8.45. The number of rotatable bonds is 11. The van der Waals surface area contributed by atoms with E-state index in [1.807, 2.05) is 0 Å².